The minimum absolute atomic E-state index is 0.112. The first-order valence-electron chi connectivity index (χ1n) is 9.56. The fraction of sp³-hybridized carbons (Fsp3) is 0.167. The summed E-state index contributed by atoms with van der Waals surface area (Å²) in [6, 6.07) is 19.1. The van der Waals surface area contributed by atoms with Crippen LogP contribution in [0.1, 0.15) is 20.8 Å². The van der Waals surface area contributed by atoms with Gasteiger partial charge in [0.1, 0.15) is 12.4 Å². The third-order valence-electron chi connectivity index (χ3n) is 4.53. The Bertz CT molecular complexity index is 989. The third-order valence-corrected chi connectivity index (χ3v) is 5.39. The fourth-order valence-electron chi connectivity index (χ4n) is 3.07. The molecule has 0 radical (unpaired) electrons. The van der Waals surface area contributed by atoms with E-state index in [2.05, 4.69) is 6.58 Å². The molecule has 1 aromatic heterocycles. The molecule has 3 rings (SSSR count). The van der Waals surface area contributed by atoms with Gasteiger partial charge < -0.3 is 9.80 Å². The van der Waals surface area contributed by atoms with E-state index in [4.69, 9.17) is 0 Å². The average Bonchev–Trinajstić information content (AvgIpc) is 3.26. The van der Waals surface area contributed by atoms with Gasteiger partial charge in [-0.25, -0.2) is 4.39 Å². The molecule has 30 heavy (non-hydrogen) atoms. The molecular weight excluding hydrogens is 399 g/mol. The van der Waals surface area contributed by atoms with Gasteiger partial charge in [-0.3, -0.25) is 9.59 Å². The number of halogens is 1. The molecule has 0 unspecified atom stereocenters. The van der Waals surface area contributed by atoms with Crippen LogP contribution in [0.25, 0.3) is 0 Å². The van der Waals surface area contributed by atoms with Gasteiger partial charge in [-0.1, -0.05) is 48.5 Å². The van der Waals surface area contributed by atoms with E-state index in [1.807, 2.05) is 47.8 Å². The Morgan fingerprint density at radius 3 is 2.43 bits per heavy atom. The lowest BCUT2D eigenvalue weighted by Crippen LogP contribution is -2.42. The molecule has 0 aliphatic rings. The van der Waals surface area contributed by atoms with Crippen molar-refractivity contribution in [3.05, 3.63) is 107 Å². The molecular formula is C24H23FN2O2S. The summed E-state index contributed by atoms with van der Waals surface area (Å²) in [5, 5.41) is 1.97. The Hall–Kier alpha value is -3.25. The Morgan fingerprint density at radius 2 is 1.77 bits per heavy atom. The van der Waals surface area contributed by atoms with E-state index in [0.29, 0.717) is 13.1 Å². The van der Waals surface area contributed by atoms with E-state index in [9.17, 15) is 14.0 Å². The molecule has 0 saturated heterocycles. The maximum atomic E-state index is 13.6. The van der Waals surface area contributed by atoms with Gasteiger partial charge >= 0.3 is 0 Å². The molecule has 3 aromatic rings. The smallest absolute Gasteiger partial charge is 0.254 e. The monoisotopic (exact) mass is 422 g/mol. The van der Waals surface area contributed by atoms with Gasteiger partial charge in [0.25, 0.3) is 5.91 Å². The molecule has 6 heteroatoms. The zero-order chi connectivity index (χ0) is 21.3. The molecule has 0 fully saturated rings. The summed E-state index contributed by atoms with van der Waals surface area (Å²) in [7, 11) is 0. The first-order valence-corrected chi connectivity index (χ1v) is 10.4. The quantitative estimate of drug-likeness (QED) is 0.467. The van der Waals surface area contributed by atoms with Gasteiger partial charge in [-0.05, 0) is 35.2 Å². The highest BCUT2D eigenvalue weighted by Crippen LogP contribution is 2.16. The van der Waals surface area contributed by atoms with Gasteiger partial charge in [0.05, 0.1) is 6.54 Å². The zero-order valence-corrected chi connectivity index (χ0v) is 17.4. The number of rotatable bonds is 9. The molecule has 0 atom stereocenters. The number of hydrogen-bond acceptors (Lipinski definition) is 3. The van der Waals surface area contributed by atoms with Crippen molar-refractivity contribution in [1.82, 2.24) is 9.80 Å². The fourth-order valence-corrected chi connectivity index (χ4v) is 3.79. The average molecular weight is 423 g/mol. The second-order valence-corrected chi connectivity index (χ2v) is 7.83. The summed E-state index contributed by atoms with van der Waals surface area (Å²) in [4.78, 5) is 30.2. The number of amides is 2. The number of thiophene rings is 1. The second kappa shape index (κ2) is 10.5. The topological polar surface area (TPSA) is 40.6 Å². The van der Waals surface area contributed by atoms with Crippen LogP contribution in [0.5, 0.6) is 0 Å². The Balaban J connectivity index is 1.78. The summed E-state index contributed by atoms with van der Waals surface area (Å²) in [5.41, 5.74) is 1.21. The first-order chi connectivity index (χ1) is 14.6. The molecule has 1 heterocycles. The van der Waals surface area contributed by atoms with Crippen LogP contribution in [-0.4, -0.2) is 34.7 Å². The molecule has 0 saturated carbocycles. The molecule has 0 N–H and O–H groups in total. The predicted octanol–water partition coefficient (Wildman–Crippen LogP) is 4.74. The largest absolute Gasteiger partial charge is 0.332 e. The maximum Gasteiger partial charge on any atom is 0.254 e. The standard InChI is InChI=1S/C24H23FN2O2S/c1-2-13-26(24(29)20-10-6-11-21(25)15-20)18-23(28)27(17-22-12-7-14-30-22)16-19-8-4-3-5-9-19/h2-12,14-15H,1,13,16-18H2. The van der Waals surface area contributed by atoms with Crippen LogP contribution in [-0.2, 0) is 17.9 Å². The van der Waals surface area contributed by atoms with Crippen molar-refractivity contribution in [2.24, 2.45) is 0 Å². The van der Waals surface area contributed by atoms with Gasteiger partial charge in [-0.2, -0.15) is 0 Å². The number of carbonyl (C=O) groups excluding carboxylic acids is 2. The number of hydrogen-bond donors (Lipinski definition) is 0. The summed E-state index contributed by atoms with van der Waals surface area (Å²) >= 11 is 1.58. The van der Waals surface area contributed by atoms with Gasteiger partial charge in [0.15, 0.2) is 0 Å². The molecule has 2 aromatic carbocycles. The number of carbonyl (C=O) groups is 2. The van der Waals surface area contributed by atoms with Crippen molar-refractivity contribution in [2.45, 2.75) is 13.1 Å². The molecule has 0 bridgehead atoms. The van der Waals surface area contributed by atoms with Crippen molar-refractivity contribution >= 4 is 23.2 Å². The molecule has 0 aliphatic carbocycles. The summed E-state index contributed by atoms with van der Waals surface area (Å²) in [6.45, 7) is 4.66. The van der Waals surface area contributed by atoms with Crippen LogP contribution < -0.4 is 0 Å². The number of nitrogens with zero attached hydrogens (tertiary/aromatic N) is 2. The van der Waals surface area contributed by atoms with E-state index in [0.717, 1.165) is 10.4 Å². The summed E-state index contributed by atoms with van der Waals surface area (Å²) in [6.07, 6.45) is 1.56. The van der Waals surface area contributed by atoms with E-state index in [-0.39, 0.29) is 24.6 Å². The Labute approximate surface area is 179 Å². The lowest BCUT2D eigenvalue weighted by molar-refractivity contribution is -0.133. The molecule has 2 amide bonds. The van der Waals surface area contributed by atoms with E-state index >= 15 is 0 Å². The number of benzene rings is 2. The van der Waals surface area contributed by atoms with Crippen LogP contribution in [0.15, 0.2) is 84.8 Å². The molecule has 154 valence electrons. The van der Waals surface area contributed by atoms with Gasteiger partial charge in [0, 0.05) is 23.5 Å². The minimum atomic E-state index is -0.492. The van der Waals surface area contributed by atoms with Crippen LogP contribution >= 0.6 is 11.3 Å². The van der Waals surface area contributed by atoms with Crippen molar-refractivity contribution in [3.63, 3.8) is 0 Å². The molecule has 4 nitrogen and oxygen atoms in total. The van der Waals surface area contributed by atoms with E-state index in [1.165, 1.54) is 23.1 Å². The highest BCUT2D eigenvalue weighted by molar-refractivity contribution is 7.09. The maximum absolute atomic E-state index is 13.6. The summed E-state index contributed by atoms with van der Waals surface area (Å²) < 4.78 is 13.6. The molecule has 0 spiro atoms. The lowest BCUT2D eigenvalue weighted by Gasteiger charge is -2.27. The van der Waals surface area contributed by atoms with Gasteiger partial charge in [-0.15, -0.1) is 17.9 Å². The minimum Gasteiger partial charge on any atom is -0.332 e. The van der Waals surface area contributed by atoms with Crippen molar-refractivity contribution < 1.29 is 14.0 Å². The zero-order valence-electron chi connectivity index (χ0n) is 16.5. The van der Waals surface area contributed by atoms with Crippen LogP contribution in [0, 0.1) is 5.82 Å². The Morgan fingerprint density at radius 1 is 0.967 bits per heavy atom. The van der Waals surface area contributed by atoms with Crippen molar-refractivity contribution in [1.29, 1.82) is 0 Å². The van der Waals surface area contributed by atoms with Crippen LogP contribution in [0.3, 0.4) is 0 Å². The summed E-state index contributed by atoms with van der Waals surface area (Å²) in [5.74, 6) is -1.08. The second-order valence-electron chi connectivity index (χ2n) is 6.80. The Kier molecular flexibility index (Phi) is 7.51. The third kappa shape index (κ3) is 5.87. The van der Waals surface area contributed by atoms with E-state index in [1.54, 1.807) is 28.4 Å². The highest BCUT2D eigenvalue weighted by atomic mass is 32.1. The SMILES string of the molecule is C=CCN(CC(=O)N(Cc1ccccc1)Cc1cccs1)C(=O)c1cccc(F)c1. The lowest BCUT2D eigenvalue weighted by atomic mass is 10.2. The van der Waals surface area contributed by atoms with Crippen molar-refractivity contribution in [3.8, 4) is 0 Å². The van der Waals surface area contributed by atoms with Crippen LogP contribution in [0.4, 0.5) is 4.39 Å². The molecule has 0 aliphatic heterocycles. The van der Waals surface area contributed by atoms with Gasteiger partial charge in [0.2, 0.25) is 5.91 Å². The predicted molar refractivity (Wildman–Crippen MR) is 118 cm³/mol. The van der Waals surface area contributed by atoms with Crippen LogP contribution in [0.2, 0.25) is 0 Å². The first kappa shape index (κ1) is 21.5. The highest BCUT2D eigenvalue weighted by Gasteiger charge is 2.22. The van der Waals surface area contributed by atoms with Crippen molar-refractivity contribution in [2.75, 3.05) is 13.1 Å². The van der Waals surface area contributed by atoms with E-state index < -0.39 is 11.7 Å². The normalized spacial score (nSPS) is 10.4.